The van der Waals surface area contributed by atoms with E-state index < -0.39 is 28.1 Å². The largest absolute Gasteiger partial charge is 0.393 e. The summed E-state index contributed by atoms with van der Waals surface area (Å²) in [7, 11) is 0. The van der Waals surface area contributed by atoms with Gasteiger partial charge in [0.25, 0.3) is 0 Å². The summed E-state index contributed by atoms with van der Waals surface area (Å²) < 4.78 is 0. The molecule has 4 rings (SSSR count). The number of rotatable bonds is 1. The van der Waals surface area contributed by atoms with Gasteiger partial charge in [-0.25, -0.2) is 0 Å². The number of hydrogen-bond acceptors (Lipinski definition) is 4. The summed E-state index contributed by atoms with van der Waals surface area (Å²) >= 11 is 0. The standard InChI is InChI=1S/C21H32O4/c1-4-20(24)10-8-15-16-6-5-13-11-14(22)7-9-18(13,2)21(16,25)17(23)12-19(15,20)3/h5-6,14-15,17,22-25H,4,7-12H2,1-3H3/t14-,15-,17-,18+,19-,20+,21+/m0/s1. The van der Waals surface area contributed by atoms with Crippen LogP contribution >= 0.6 is 0 Å². The van der Waals surface area contributed by atoms with Crippen molar-refractivity contribution in [2.75, 3.05) is 0 Å². The SMILES string of the molecule is CC[C@@]1(O)CC[C@H]2C3=CC=C4C[C@@H](O)CC[C@@]4(C)[C@]3(O)[C@@H](O)C[C@@]21C. The van der Waals surface area contributed by atoms with Gasteiger partial charge in [0.05, 0.1) is 17.8 Å². The maximum absolute atomic E-state index is 11.9. The Balaban J connectivity index is 1.85. The molecule has 0 saturated heterocycles. The first-order valence-electron chi connectivity index (χ1n) is 9.85. The Morgan fingerprint density at radius 2 is 1.80 bits per heavy atom. The first-order valence-corrected chi connectivity index (χ1v) is 9.85. The predicted molar refractivity (Wildman–Crippen MR) is 95.8 cm³/mol. The van der Waals surface area contributed by atoms with Crippen LogP contribution in [0, 0.1) is 16.7 Å². The highest BCUT2D eigenvalue weighted by molar-refractivity contribution is 5.46. The van der Waals surface area contributed by atoms with Gasteiger partial charge in [0.1, 0.15) is 5.60 Å². The predicted octanol–water partition coefficient (Wildman–Crippen LogP) is 2.46. The summed E-state index contributed by atoms with van der Waals surface area (Å²) in [5.41, 5.74) is -1.07. The number of aliphatic hydroxyl groups excluding tert-OH is 2. The summed E-state index contributed by atoms with van der Waals surface area (Å²) in [5.74, 6) is 0.0901. The summed E-state index contributed by atoms with van der Waals surface area (Å²) in [6.45, 7) is 6.15. The van der Waals surface area contributed by atoms with E-state index in [9.17, 15) is 20.4 Å². The molecule has 4 aliphatic rings. The molecular formula is C21H32O4. The molecule has 4 N–H and O–H groups in total. The van der Waals surface area contributed by atoms with E-state index in [1.54, 1.807) is 0 Å². The van der Waals surface area contributed by atoms with Gasteiger partial charge in [0, 0.05) is 10.8 Å². The molecule has 140 valence electrons. The van der Waals surface area contributed by atoms with Gasteiger partial charge in [-0.1, -0.05) is 38.5 Å². The zero-order valence-electron chi connectivity index (χ0n) is 15.6. The Bertz CT molecular complexity index is 654. The van der Waals surface area contributed by atoms with Crippen molar-refractivity contribution in [3.8, 4) is 0 Å². The van der Waals surface area contributed by atoms with E-state index in [2.05, 4.69) is 13.0 Å². The highest BCUT2D eigenvalue weighted by Crippen LogP contribution is 2.67. The van der Waals surface area contributed by atoms with Crippen LogP contribution in [-0.4, -0.2) is 43.8 Å². The van der Waals surface area contributed by atoms with Gasteiger partial charge in [0.2, 0.25) is 0 Å². The molecule has 0 radical (unpaired) electrons. The topological polar surface area (TPSA) is 80.9 Å². The Kier molecular flexibility index (Phi) is 3.68. The zero-order valence-corrected chi connectivity index (χ0v) is 15.6. The molecular weight excluding hydrogens is 316 g/mol. The van der Waals surface area contributed by atoms with Crippen molar-refractivity contribution in [2.24, 2.45) is 16.7 Å². The Morgan fingerprint density at radius 1 is 1.08 bits per heavy atom. The van der Waals surface area contributed by atoms with Crippen LogP contribution < -0.4 is 0 Å². The molecule has 0 heterocycles. The third kappa shape index (κ3) is 1.92. The van der Waals surface area contributed by atoms with Crippen LogP contribution in [0.25, 0.3) is 0 Å². The molecule has 0 amide bonds. The highest BCUT2D eigenvalue weighted by Gasteiger charge is 2.69. The van der Waals surface area contributed by atoms with E-state index in [4.69, 9.17) is 0 Å². The van der Waals surface area contributed by atoms with Gasteiger partial charge in [0.15, 0.2) is 0 Å². The zero-order chi connectivity index (χ0) is 18.3. The van der Waals surface area contributed by atoms with Crippen molar-refractivity contribution in [1.82, 2.24) is 0 Å². The Morgan fingerprint density at radius 3 is 2.48 bits per heavy atom. The maximum Gasteiger partial charge on any atom is 0.121 e. The van der Waals surface area contributed by atoms with Gasteiger partial charge < -0.3 is 20.4 Å². The van der Waals surface area contributed by atoms with E-state index in [0.717, 1.165) is 24.0 Å². The maximum atomic E-state index is 11.9. The van der Waals surface area contributed by atoms with Gasteiger partial charge >= 0.3 is 0 Å². The molecule has 4 aliphatic carbocycles. The minimum absolute atomic E-state index is 0.0901. The smallest absolute Gasteiger partial charge is 0.121 e. The Hall–Kier alpha value is -0.680. The fourth-order valence-electron chi connectivity index (χ4n) is 6.73. The van der Waals surface area contributed by atoms with Gasteiger partial charge in [-0.15, -0.1) is 0 Å². The monoisotopic (exact) mass is 348 g/mol. The molecule has 0 spiro atoms. The first-order chi connectivity index (χ1) is 11.6. The molecule has 0 aromatic heterocycles. The second-order valence-corrected chi connectivity index (χ2v) is 9.42. The third-order valence-corrected chi connectivity index (χ3v) is 8.63. The quantitative estimate of drug-likeness (QED) is 0.587. The molecule has 7 atom stereocenters. The molecule has 25 heavy (non-hydrogen) atoms. The molecule has 0 unspecified atom stereocenters. The lowest BCUT2D eigenvalue weighted by Crippen LogP contribution is -2.67. The average Bonchev–Trinajstić information content (AvgIpc) is 2.82. The molecule has 4 heteroatoms. The van der Waals surface area contributed by atoms with Crippen LogP contribution in [0.15, 0.2) is 23.3 Å². The molecule has 0 aliphatic heterocycles. The molecule has 4 nitrogen and oxygen atoms in total. The Labute approximate surface area is 150 Å². The minimum atomic E-state index is -1.29. The van der Waals surface area contributed by atoms with Crippen molar-refractivity contribution < 1.29 is 20.4 Å². The van der Waals surface area contributed by atoms with E-state index in [1.165, 1.54) is 0 Å². The van der Waals surface area contributed by atoms with Crippen molar-refractivity contribution >= 4 is 0 Å². The van der Waals surface area contributed by atoms with Crippen LogP contribution in [0.2, 0.25) is 0 Å². The molecule has 3 fully saturated rings. The molecule has 3 saturated carbocycles. The van der Waals surface area contributed by atoms with Gasteiger partial charge in [-0.05, 0) is 56.4 Å². The summed E-state index contributed by atoms with van der Waals surface area (Å²) in [4.78, 5) is 0. The molecule has 0 aromatic carbocycles. The summed E-state index contributed by atoms with van der Waals surface area (Å²) in [5, 5.41) is 44.3. The van der Waals surface area contributed by atoms with Crippen LogP contribution in [0.5, 0.6) is 0 Å². The van der Waals surface area contributed by atoms with Crippen LogP contribution in [0.1, 0.15) is 65.7 Å². The van der Waals surface area contributed by atoms with Crippen LogP contribution in [0.3, 0.4) is 0 Å². The van der Waals surface area contributed by atoms with E-state index in [1.807, 2.05) is 19.9 Å². The number of fused-ring (bicyclic) bond motifs is 5. The van der Waals surface area contributed by atoms with Gasteiger partial charge in [-0.3, -0.25) is 0 Å². The molecule has 0 aromatic rings. The summed E-state index contributed by atoms with van der Waals surface area (Å²) in [6, 6.07) is 0. The lowest BCUT2D eigenvalue weighted by Gasteiger charge is -2.62. The lowest BCUT2D eigenvalue weighted by molar-refractivity contribution is -0.190. The minimum Gasteiger partial charge on any atom is -0.393 e. The number of allylic oxidation sites excluding steroid dienone is 2. The fraction of sp³-hybridized carbons (Fsp3) is 0.810. The third-order valence-electron chi connectivity index (χ3n) is 8.63. The van der Waals surface area contributed by atoms with Crippen LogP contribution in [0.4, 0.5) is 0 Å². The normalized spacial score (nSPS) is 54.9. The van der Waals surface area contributed by atoms with Crippen molar-refractivity contribution in [3.05, 3.63) is 23.3 Å². The lowest BCUT2D eigenvalue weighted by atomic mass is 9.46. The average molecular weight is 348 g/mol. The number of hydrogen-bond donors (Lipinski definition) is 4. The van der Waals surface area contributed by atoms with Gasteiger partial charge in [-0.2, -0.15) is 0 Å². The van der Waals surface area contributed by atoms with Crippen LogP contribution in [-0.2, 0) is 0 Å². The van der Waals surface area contributed by atoms with Crippen molar-refractivity contribution in [2.45, 2.75) is 89.1 Å². The first kappa shape index (κ1) is 17.7. The van der Waals surface area contributed by atoms with E-state index in [0.29, 0.717) is 32.1 Å². The molecule has 0 bridgehead atoms. The van der Waals surface area contributed by atoms with Crippen molar-refractivity contribution in [1.29, 1.82) is 0 Å². The second-order valence-electron chi connectivity index (χ2n) is 9.42. The highest BCUT2D eigenvalue weighted by atomic mass is 16.3. The van der Waals surface area contributed by atoms with E-state index in [-0.39, 0.29) is 12.0 Å². The summed E-state index contributed by atoms with van der Waals surface area (Å²) in [6.07, 6.45) is 7.33. The number of aliphatic hydroxyl groups is 4. The van der Waals surface area contributed by atoms with E-state index >= 15 is 0 Å². The van der Waals surface area contributed by atoms with Crippen molar-refractivity contribution in [3.63, 3.8) is 0 Å². The fourth-order valence-corrected chi connectivity index (χ4v) is 6.73. The second kappa shape index (κ2) is 5.19.